The predicted molar refractivity (Wildman–Crippen MR) is 55.9 cm³/mol. The van der Waals surface area contributed by atoms with Crippen LogP contribution >= 0.6 is 0 Å². The van der Waals surface area contributed by atoms with Crippen molar-refractivity contribution in [2.24, 2.45) is 0 Å². The van der Waals surface area contributed by atoms with Crippen molar-refractivity contribution in [3.8, 4) is 0 Å². The average molecular weight is 203 g/mol. The van der Waals surface area contributed by atoms with E-state index in [0.29, 0.717) is 5.52 Å². The van der Waals surface area contributed by atoms with Crippen molar-refractivity contribution < 1.29 is 9.53 Å². The highest BCUT2D eigenvalue weighted by Gasteiger charge is 2.11. The van der Waals surface area contributed by atoms with E-state index in [9.17, 15) is 9.59 Å². The Labute approximate surface area is 85.5 Å². The number of pyridine rings is 1. The van der Waals surface area contributed by atoms with Crippen LogP contribution in [-0.2, 0) is 4.74 Å². The number of fused-ring (bicyclic) bond motifs is 1. The predicted octanol–water partition coefficient (Wildman–Crippen LogP) is 1.31. The Hall–Kier alpha value is -2.10. The molecule has 1 N–H and O–H groups in total. The van der Waals surface area contributed by atoms with Crippen LogP contribution in [0.2, 0.25) is 0 Å². The van der Waals surface area contributed by atoms with Gasteiger partial charge in [0.1, 0.15) is 5.56 Å². The smallest absolute Gasteiger partial charge is 0.343 e. The van der Waals surface area contributed by atoms with E-state index < -0.39 is 11.5 Å². The lowest BCUT2D eigenvalue weighted by Gasteiger charge is -2.00. The molecule has 0 aliphatic carbocycles. The maximum Gasteiger partial charge on any atom is 0.343 e. The topological polar surface area (TPSA) is 59.2 Å². The zero-order valence-electron chi connectivity index (χ0n) is 8.11. The first-order chi connectivity index (χ1) is 7.22. The van der Waals surface area contributed by atoms with Gasteiger partial charge in [0.2, 0.25) is 0 Å². The summed E-state index contributed by atoms with van der Waals surface area (Å²) in [5, 5.41) is 0.803. The summed E-state index contributed by atoms with van der Waals surface area (Å²) in [5.74, 6) is -0.623. The van der Waals surface area contributed by atoms with Gasteiger partial charge in [-0.1, -0.05) is 18.2 Å². The Balaban J connectivity index is 2.73. The first kappa shape index (κ1) is 9.45. The molecule has 0 bridgehead atoms. The average Bonchev–Trinajstić information content (AvgIpc) is 2.27. The van der Waals surface area contributed by atoms with Gasteiger partial charge in [0.25, 0.3) is 5.56 Å². The van der Waals surface area contributed by atoms with Crippen LogP contribution < -0.4 is 5.56 Å². The quantitative estimate of drug-likeness (QED) is 0.711. The molecule has 1 aromatic heterocycles. The third-order valence-corrected chi connectivity index (χ3v) is 2.16. The van der Waals surface area contributed by atoms with Crippen LogP contribution in [0.25, 0.3) is 10.9 Å². The summed E-state index contributed by atoms with van der Waals surface area (Å²) in [7, 11) is 1.25. The molecule has 0 radical (unpaired) electrons. The molecule has 76 valence electrons. The van der Waals surface area contributed by atoms with Crippen LogP contribution in [0.15, 0.2) is 35.1 Å². The summed E-state index contributed by atoms with van der Waals surface area (Å²) >= 11 is 0. The Morgan fingerprint density at radius 3 is 2.80 bits per heavy atom. The lowest BCUT2D eigenvalue weighted by atomic mass is 10.1. The van der Waals surface area contributed by atoms with E-state index in [4.69, 9.17) is 0 Å². The minimum absolute atomic E-state index is 0.0243. The second-order valence-electron chi connectivity index (χ2n) is 3.09. The van der Waals surface area contributed by atoms with Crippen molar-refractivity contribution in [1.29, 1.82) is 0 Å². The fourth-order valence-corrected chi connectivity index (χ4v) is 1.41. The molecule has 0 unspecified atom stereocenters. The van der Waals surface area contributed by atoms with Gasteiger partial charge in [0.05, 0.1) is 7.11 Å². The van der Waals surface area contributed by atoms with Gasteiger partial charge in [-0.25, -0.2) is 4.79 Å². The number of H-pyrrole nitrogens is 1. The standard InChI is InChI=1S/C11H9NO3/c1-15-11(14)8-6-7-4-2-3-5-9(7)12-10(8)13/h2-6H,1H3,(H,12,13). The van der Waals surface area contributed by atoms with Crippen molar-refractivity contribution >= 4 is 16.9 Å². The van der Waals surface area contributed by atoms with Crippen molar-refractivity contribution in [1.82, 2.24) is 4.98 Å². The first-order valence-electron chi connectivity index (χ1n) is 4.43. The van der Waals surface area contributed by atoms with Crippen molar-refractivity contribution in [3.63, 3.8) is 0 Å². The van der Waals surface area contributed by atoms with Crippen molar-refractivity contribution in [2.75, 3.05) is 7.11 Å². The molecule has 0 amide bonds. The second-order valence-corrected chi connectivity index (χ2v) is 3.09. The van der Waals surface area contributed by atoms with E-state index in [1.54, 1.807) is 6.07 Å². The second kappa shape index (κ2) is 3.57. The maximum atomic E-state index is 11.5. The molecule has 0 saturated carbocycles. The van der Waals surface area contributed by atoms with Crippen molar-refractivity contribution in [2.45, 2.75) is 0 Å². The van der Waals surface area contributed by atoms with Gasteiger partial charge in [0.15, 0.2) is 0 Å². The number of hydrogen-bond acceptors (Lipinski definition) is 3. The van der Waals surface area contributed by atoms with E-state index in [-0.39, 0.29) is 5.56 Å². The third kappa shape index (κ3) is 1.61. The van der Waals surface area contributed by atoms with Crippen LogP contribution in [0.3, 0.4) is 0 Å². The van der Waals surface area contributed by atoms with Crippen LogP contribution in [0.1, 0.15) is 10.4 Å². The van der Waals surface area contributed by atoms with Crippen LogP contribution in [0.4, 0.5) is 0 Å². The number of aromatic amines is 1. The Morgan fingerprint density at radius 1 is 1.33 bits per heavy atom. The number of benzene rings is 1. The molecule has 1 aromatic carbocycles. The Bertz CT molecular complexity index is 571. The molecule has 0 fully saturated rings. The molecule has 0 atom stereocenters. The fourth-order valence-electron chi connectivity index (χ4n) is 1.41. The number of nitrogens with one attached hydrogen (secondary N) is 1. The maximum absolute atomic E-state index is 11.5. The number of ether oxygens (including phenoxy) is 1. The molecular formula is C11H9NO3. The van der Waals surface area contributed by atoms with Gasteiger partial charge >= 0.3 is 5.97 Å². The van der Waals surface area contributed by atoms with E-state index in [1.807, 2.05) is 18.2 Å². The number of carbonyl (C=O) groups excluding carboxylic acids is 1. The number of aromatic nitrogens is 1. The molecule has 2 aromatic rings. The van der Waals surface area contributed by atoms with Gasteiger partial charge in [-0.05, 0) is 17.5 Å². The van der Waals surface area contributed by atoms with Gasteiger partial charge in [-0.3, -0.25) is 4.79 Å². The summed E-state index contributed by atoms with van der Waals surface area (Å²) in [6.45, 7) is 0. The Morgan fingerprint density at radius 2 is 2.07 bits per heavy atom. The number of hydrogen-bond donors (Lipinski definition) is 1. The zero-order valence-corrected chi connectivity index (χ0v) is 8.11. The lowest BCUT2D eigenvalue weighted by Crippen LogP contribution is -2.18. The van der Waals surface area contributed by atoms with Gasteiger partial charge in [-0.15, -0.1) is 0 Å². The summed E-state index contributed by atoms with van der Waals surface area (Å²) in [6, 6.07) is 8.77. The molecule has 15 heavy (non-hydrogen) atoms. The molecule has 4 nitrogen and oxygen atoms in total. The number of carbonyl (C=O) groups is 1. The van der Waals surface area contributed by atoms with Crippen LogP contribution in [0, 0.1) is 0 Å². The number of para-hydroxylation sites is 1. The van der Waals surface area contributed by atoms with E-state index in [2.05, 4.69) is 9.72 Å². The highest BCUT2D eigenvalue weighted by Crippen LogP contribution is 2.10. The van der Waals surface area contributed by atoms with Gasteiger partial charge in [-0.2, -0.15) is 0 Å². The number of methoxy groups -OCH3 is 1. The SMILES string of the molecule is COC(=O)c1cc2ccccc2[nH]c1=O. The minimum Gasteiger partial charge on any atom is -0.465 e. The summed E-state index contributed by atoms with van der Waals surface area (Å²) < 4.78 is 4.51. The van der Waals surface area contributed by atoms with Crippen LogP contribution in [-0.4, -0.2) is 18.1 Å². The summed E-state index contributed by atoms with van der Waals surface area (Å²) in [4.78, 5) is 25.3. The third-order valence-electron chi connectivity index (χ3n) is 2.16. The van der Waals surface area contributed by atoms with E-state index in [0.717, 1.165) is 5.39 Å². The molecule has 1 heterocycles. The molecule has 0 aliphatic rings. The largest absolute Gasteiger partial charge is 0.465 e. The normalized spacial score (nSPS) is 10.2. The molecule has 0 aliphatic heterocycles. The summed E-state index contributed by atoms with van der Waals surface area (Å²) in [5.41, 5.74) is 0.298. The molecule has 4 heteroatoms. The first-order valence-corrected chi connectivity index (χ1v) is 4.43. The number of rotatable bonds is 1. The zero-order chi connectivity index (χ0) is 10.8. The minimum atomic E-state index is -0.623. The fraction of sp³-hybridized carbons (Fsp3) is 0.0909. The van der Waals surface area contributed by atoms with Crippen LogP contribution in [0.5, 0.6) is 0 Å². The van der Waals surface area contributed by atoms with Crippen molar-refractivity contribution in [3.05, 3.63) is 46.2 Å². The lowest BCUT2D eigenvalue weighted by molar-refractivity contribution is 0.0599. The monoisotopic (exact) mass is 203 g/mol. The molecule has 0 saturated heterocycles. The van der Waals surface area contributed by atoms with E-state index in [1.165, 1.54) is 13.2 Å². The molecular weight excluding hydrogens is 194 g/mol. The number of esters is 1. The molecule has 0 spiro atoms. The van der Waals surface area contributed by atoms with E-state index >= 15 is 0 Å². The van der Waals surface area contributed by atoms with Gasteiger partial charge < -0.3 is 9.72 Å². The highest BCUT2D eigenvalue weighted by atomic mass is 16.5. The molecule has 2 rings (SSSR count). The van der Waals surface area contributed by atoms with Gasteiger partial charge in [0, 0.05) is 5.52 Å². The summed E-state index contributed by atoms with van der Waals surface area (Å²) in [6.07, 6.45) is 0. The Kier molecular flexibility index (Phi) is 2.25. The highest BCUT2D eigenvalue weighted by molar-refractivity contribution is 5.93.